The number of aromatic amines is 1. The quantitative estimate of drug-likeness (QED) is 0.719. The molecule has 0 aliphatic heterocycles. The van der Waals surface area contributed by atoms with Crippen molar-refractivity contribution in [1.29, 1.82) is 0 Å². The van der Waals surface area contributed by atoms with Crippen molar-refractivity contribution < 1.29 is 0 Å². The second-order valence-corrected chi connectivity index (χ2v) is 3.59. The number of hydrogen-bond acceptors (Lipinski definition) is 2. The number of rotatable bonds is 3. The lowest BCUT2D eigenvalue weighted by Gasteiger charge is -2.31. The van der Waals surface area contributed by atoms with Gasteiger partial charge in [-0.3, -0.25) is 0 Å². The highest BCUT2D eigenvalue weighted by molar-refractivity contribution is 5.31. The van der Waals surface area contributed by atoms with Crippen LogP contribution in [-0.2, 0) is 0 Å². The summed E-state index contributed by atoms with van der Waals surface area (Å²) in [5.41, 5.74) is 0. The molecule has 1 aromatic heterocycles. The van der Waals surface area contributed by atoms with Crippen LogP contribution in [0, 0.1) is 5.92 Å². The minimum atomic E-state index is 0.583. The standard InChI is InChI=1S/C9H15N3/c1-7(8-3-2-4-8)12-9-5-10-6-11-9/h5-8,12H,2-4H2,1H3,(H,10,11). The average molecular weight is 165 g/mol. The zero-order valence-corrected chi connectivity index (χ0v) is 7.38. The molecule has 0 radical (unpaired) electrons. The third-order valence-electron chi connectivity index (χ3n) is 2.74. The summed E-state index contributed by atoms with van der Waals surface area (Å²) in [7, 11) is 0. The van der Waals surface area contributed by atoms with Crippen LogP contribution in [0.4, 0.5) is 5.82 Å². The number of aromatic nitrogens is 2. The van der Waals surface area contributed by atoms with Gasteiger partial charge in [0, 0.05) is 6.04 Å². The van der Waals surface area contributed by atoms with Crippen molar-refractivity contribution >= 4 is 5.82 Å². The van der Waals surface area contributed by atoms with Gasteiger partial charge in [-0.05, 0) is 25.7 Å². The third kappa shape index (κ3) is 1.44. The van der Waals surface area contributed by atoms with E-state index in [1.165, 1.54) is 19.3 Å². The predicted octanol–water partition coefficient (Wildman–Crippen LogP) is 2.01. The molecule has 2 rings (SSSR count). The second-order valence-electron chi connectivity index (χ2n) is 3.59. The monoisotopic (exact) mass is 165 g/mol. The Labute approximate surface area is 72.6 Å². The zero-order valence-electron chi connectivity index (χ0n) is 7.38. The molecule has 1 aliphatic rings. The van der Waals surface area contributed by atoms with Crippen LogP contribution in [0.1, 0.15) is 26.2 Å². The molecule has 1 aliphatic carbocycles. The minimum absolute atomic E-state index is 0.583. The van der Waals surface area contributed by atoms with Gasteiger partial charge in [0.2, 0.25) is 0 Å². The molecule has 0 bridgehead atoms. The molecule has 3 nitrogen and oxygen atoms in total. The normalized spacial score (nSPS) is 20.1. The lowest BCUT2D eigenvalue weighted by molar-refractivity contribution is 0.285. The molecule has 0 aromatic carbocycles. The SMILES string of the molecule is CC(Nc1cnc[nH]1)C1CCC1. The van der Waals surface area contributed by atoms with Crippen LogP contribution < -0.4 is 5.32 Å². The Bertz CT molecular complexity index is 226. The first-order valence-electron chi connectivity index (χ1n) is 4.61. The molecular formula is C9H15N3. The fourth-order valence-electron chi connectivity index (χ4n) is 1.64. The summed E-state index contributed by atoms with van der Waals surface area (Å²) < 4.78 is 0. The number of H-pyrrole nitrogens is 1. The topological polar surface area (TPSA) is 40.7 Å². The largest absolute Gasteiger partial charge is 0.368 e. The van der Waals surface area contributed by atoms with E-state index in [1.807, 2.05) is 6.20 Å². The van der Waals surface area contributed by atoms with E-state index < -0.39 is 0 Å². The molecule has 1 heterocycles. The summed E-state index contributed by atoms with van der Waals surface area (Å²) in [5, 5.41) is 3.41. The molecule has 0 amide bonds. The first kappa shape index (κ1) is 7.65. The maximum Gasteiger partial charge on any atom is 0.123 e. The number of hydrogen-bond donors (Lipinski definition) is 2. The Morgan fingerprint density at radius 3 is 3.00 bits per heavy atom. The van der Waals surface area contributed by atoms with Crippen LogP contribution in [0.2, 0.25) is 0 Å². The molecular weight excluding hydrogens is 150 g/mol. The molecule has 2 N–H and O–H groups in total. The van der Waals surface area contributed by atoms with Gasteiger partial charge in [0.15, 0.2) is 0 Å². The maximum atomic E-state index is 3.96. The second kappa shape index (κ2) is 3.17. The lowest BCUT2D eigenvalue weighted by Crippen LogP contribution is -2.30. The third-order valence-corrected chi connectivity index (χ3v) is 2.74. The Kier molecular flexibility index (Phi) is 2.02. The van der Waals surface area contributed by atoms with Crippen molar-refractivity contribution in [1.82, 2.24) is 9.97 Å². The van der Waals surface area contributed by atoms with E-state index in [4.69, 9.17) is 0 Å². The minimum Gasteiger partial charge on any atom is -0.368 e. The van der Waals surface area contributed by atoms with Crippen LogP contribution in [0.15, 0.2) is 12.5 Å². The van der Waals surface area contributed by atoms with Gasteiger partial charge < -0.3 is 10.3 Å². The fraction of sp³-hybridized carbons (Fsp3) is 0.667. The summed E-state index contributed by atoms with van der Waals surface area (Å²) in [4.78, 5) is 7.01. The Morgan fingerprint density at radius 2 is 2.50 bits per heavy atom. The molecule has 1 unspecified atom stereocenters. The molecule has 0 saturated heterocycles. The highest BCUT2D eigenvalue weighted by Crippen LogP contribution is 2.30. The first-order valence-corrected chi connectivity index (χ1v) is 4.61. The van der Waals surface area contributed by atoms with Gasteiger partial charge in [-0.15, -0.1) is 0 Å². The van der Waals surface area contributed by atoms with Crippen molar-refractivity contribution in [3.8, 4) is 0 Å². The maximum absolute atomic E-state index is 3.96. The van der Waals surface area contributed by atoms with Crippen LogP contribution in [0.5, 0.6) is 0 Å². The predicted molar refractivity (Wildman–Crippen MR) is 49.0 cm³/mol. The Balaban J connectivity index is 1.86. The summed E-state index contributed by atoms with van der Waals surface area (Å²) in [5.74, 6) is 1.91. The van der Waals surface area contributed by atoms with E-state index in [2.05, 4.69) is 22.2 Å². The van der Waals surface area contributed by atoms with Crippen molar-refractivity contribution in [2.24, 2.45) is 5.92 Å². The molecule has 12 heavy (non-hydrogen) atoms. The van der Waals surface area contributed by atoms with Crippen LogP contribution in [0.3, 0.4) is 0 Å². The highest BCUT2D eigenvalue weighted by Gasteiger charge is 2.23. The molecule has 66 valence electrons. The van der Waals surface area contributed by atoms with E-state index in [1.54, 1.807) is 6.33 Å². The highest BCUT2D eigenvalue weighted by atomic mass is 15.1. The van der Waals surface area contributed by atoms with Crippen molar-refractivity contribution in [3.05, 3.63) is 12.5 Å². The van der Waals surface area contributed by atoms with Crippen molar-refractivity contribution in [2.45, 2.75) is 32.2 Å². The smallest absolute Gasteiger partial charge is 0.123 e. The van der Waals surface area contributed by atoms with Crippen molar-refractivity contribution in [3.63, 3.8) is 0 Å². The fourth-order valence-corrected chi connectivity index (χ4v) is 1.64. The van der Waals surface area contributed by atoms with E-state index >= 15 is 0 Å². The van der Waals surface area contributed by atoms with E-state index in [9.17, 15) is 0 Å². The van der Waals surface area contributed by atoms with Crippen LogP contribution in [0.25, 0.3) is 0 Å². The number of nitrogens with zero attached hydrogens (tertiary/aromatic N) is 1. The van der Waals surface area contributed by atoms with Gasteiger partial charge in [-0.25, -0.2) is 4.98 Å². The molecule has 1 saturated carbocycles. The summed E-state index contributed by atoms with van der Waals surface area (Å²) in [6.45, 7) is 2.24. The van der Waals surface area contributed by atoms with Crippen molar-refractivity contribution in [2.75, 3.05) is 5.32 Å². The zero-order chi connectivity index (χ0) is 8.39. The molecule has 0 spiro atoms. The van der Waals surface area contributed by atoms with Crippen LogP contribution in [-0.4, -0.2) is 16.0 Å². The number of imidazole rings is 1. The number of anilines is 1. The van der Waals surface area contributed by atoms with E-state index in [-0.39, 0.29) is 0 Å². The van der Waals surface area contributed by atoms with Gasteiger partial charge in [-0.2, -0.15) is 0 Å². The summed E-state index contributed by atoms with van der Waals surface area (Å²) >= 11 is 0. The molecule has 3 heteroatoms. The average Bonchev–Trinajstić information content (AvgIpc) is 2.34. The van der Waals surface area contributed by atoms with Crippen LogP contribution >= 0.6 is 0 Å². The summed E-state index contributed by atoms with van der Waals surface area (Å²) in [6.07, 6.45) is 7.69. The van der Waals surface area contributed by atoms with Gasteiger partial charge in [-0.1, -0.05) is 6.42 Å². The van der Waals surface area contributed by atoms with Gasteiger partial charge in [0.05, 0.1) is 12.5 Å². The first-order chi connectivity index (χ1) is 5.86. The Morgan fingerprint density at radius 1 is 1.67 bits per heavy atom. The molecule has 1 atom stereocenters. The van der Waals surface area contributed by atoms with Gasteiger partial charge in [0.1, 0.15) is 5.82 Å². The van der Waals surface area contributed by atoms with Gasteiger partial charge >= 0.3 is 0 Å². The molecule has 1 fully saturated rings. The lowest BCUT2D eigenvalue weighted by atomic mass is 9.80. The Hall–Kier alpha value is -0.990. The summed E-state index contributed by atoms with van der Waals surface area (Å²) in [6, 6.07) is 0.583. The molecule has 1 aromatic rings. The van der Waals surface area contributed by atoms with E-state index in [0.717, 1.165) is 11.7 Å². The number of nitrogens with one attached hydrogen (secondary N) is 2. The van der Waals surface area contributed by atoms with E-state index in [0.29, 0.717) is 6.04 Å². The van der Waals surface area contributed by atoms with Gasteiger partial charge in [0.25, 0.3) is 0 Å².